The lowest BCUT2D eigenvalue weighted by Crippen LogP contribution is -2.36. The van der Waals surface area contributed by atoms with Crippen molar-refractivity contribution in [3.63, 3.8) is 0 Å². The Morgan fingerprint density at radius 1 is 1.48 bits per heavy atom. The molecule has 0 aliphatic rings. The SMILES string of the molecule is CCCNC(=O)C(C)Oc1c(F)cccc1/C=C/C(=O)O. The molecule has 21 heavy (non-hydrogen) atoms. The molecule has 114 valence electrons. The second kappa shape index (κ2) is 8.04. The van der Waals surface area contributed by atoms with E-state index in [1.165, 1.54) is 31.2 Å². The number of aliphatic carboxylic acids is 1. The van der Waals surface area contributed by atoms with E-state index in [1.54, 1.807) is 0 Å². The van der Waals surface area contributed by atoms with Crippen LogP contribution in [0.3, 0.4) is 0 Å². The molecule has 0 heterocycles. The first-order valence-corrected chi connectivity index (χ1v) is 6.59. The first-order chi connectivity index (χ1) is 9.95. The molecular formula is C15H18FNO4. The first kappa shape index (κ1) is 16.7. The average Bonchev–Trinajstić information content (AvgIpc) is 2.45. The maximum Gasteiger partial charge on any atom is 0.328 e. The molecule has 5 nitrogen and oxygen atoms in total. The molecule has 0 aliphatic heterocycles. The topological polar surface area (TPSA) is 75.6 Å². The summed E-state index contributed by atoms with van der Waals surface area (Å²) in [6.45, 7) is 3.93. The summed E-state index contributed by atoms with van der Waals surface area (Å²) < 4.78 is 19.1. The first-order valence-electron chi connectivity index (χ1n) is 6.59. The highest BCUT2D eigenvalue weighted by atomic mass is 19.1. The highest BCUT2D eigenvalue weighted by Crippen LogP contribution is 2.25. The van der Waals surface area contributed by atoms with Crippen LogP contribution in [0.15, 0.2) is 24.3 Å². The Labute approximate surface area is 122 Å². The molecule has 0 fully saturated rings. The Kier molecular flexibility index (Phi) is 6.39. The Balaban J connectivity index is 2.91. The van der Waals surface area contributed by atoms with Crippen molar-refractivity contribution in [1.82, 2.24) is 5.32 Å². The number of rotatable bonds is 7. The standard InChI is InChI=1S/C15H18FNO4/c1-3-9-17-15(20)10(2)21-14-11(7-8-13(18)19)5-4-6-12(14)16/h4-8,10H,3,9H2,1-2H3,(H,17,20)(H,18,19)/b8-7+. The summed E-state index contributed by atoms with van der Waals surface area (Å²) in [6, 6.07) is 4.13. The Bertz CT molecular complexity index is 542. The number of halogens is 1. The predicted molar refractivity (Wildman–Crippen MR) is 76.5 cm³/mol. The second-order valence-corrected chi connectivity index (χ2v) is 4.38. The molecule has 1 aromatic rings. The summed E-state index contributed by atoms with van der Waals surface area (Å²) in [5.74, 6) is -2.31. The van der Waals surface area contributed by atoms with Crippen molar-refractivity contribution < 1.29 is 23.8 Å². The Morgan fingerprint density at radius 3 is 2.81 bits per heavy atom. The number of benzene rings is 1. The lowest BCUT2D eigenvalue weighted by molar-refractivity contribution is -0.131. The van der Waals surface area contributed by atoms with Gasteiger partial charge in [-0.3, -0.25) is 4.79 Å². The maximum absolute atomic E-state index is 13.8. The summed E-state index contributed by atoms with van der Waals surface area (Å²) >= 11 is 0. The van der Waals surface area contributed by atoms with Gasteiger partial charge in [0.2, 0.25) is 0 Å². The fourth-order valence-corrected chi connectivity index (χ4v) is 1.56. The van der Waals surface area contributed by atoms with Crippen molar-refractivity contribution in [3.05, 3.63) is 35.7 Å². The third-order valence-corrected chi connectivity index (χ3v) is 2.62. The molecule has 2 N–H and O–H groups in total. The normalized spacial score (nSPS) is 12.1. The number of nitrogens with one attached hydrogen (secondary N) is 1. The summed E-state index contributed by atoms with van der Waals surface area (Å²) in [7, 11) is 0. The average molecular weight is 295 g/mol. The van der Waals surface area contributed by atoms with Crippen LogP contribution in [0.5, 0.6) is 5.75 Å². The molecule has 0 aromatic heterocycles. The Morgan fingerprint density at radius 2 is 2.19 bits per heavy atom. The summed E-state index contributed by atoms with van der Waals surface area (Å²) in [5.41, 5.74) is 0.257. The smallest absolute Gasteiger partial charge is 0.328 e. The largest absolute Gasteiger partial charge is 0.478 e. The van der Waals surface area contributed by atoms with E-state index in [0.29, 0.717) is 6.54 Å². The quantitative estimate of drug-likeness (QED) is 0.756. The molecule has 0 spiro atoms. The number of carboxylic acids is 1. The van der Waals surface area contributed by atoms with Crippen LogP contribution in [-0.4, -0.2) is 29.6 Å². The molecule has 1 rings (SSSR count). The van der Waals surface area contributed by atoms with E-state index >= 15 is 0 Å². The molecule has 0 saturated heterocycles. The van der Waals surface area contributed by atoms with E-state index in [0.717, 1.165) is 12.5 Å². The number of carboxylic acid groups (broad SMARTS) is 1. The van der Waals surface area contributed by atoms with Gasteiger partial charge in [-0.05, 0) is 25.5 Å². The minimum Gasteiger partial charge on any atom is -0.478 e. The number of ether oxygens (including phenoxy) is 1. The van der Waals surface area contributed by atoms with Crippen LogP contribution < -0.4 is 10.1 Å². The molecule has 0 aliphatic carbocycles. The second-order valence-electron chi connectivity index (χ2n) is 4.38. The van der Waals surface area contributed by atoms with Crippen molar-refractivity contribution in [3.8, 4) is 5.75 Å². The number of para-hydroxylation sites is 1. The van der Waals surface area contributed by atoms with E-state index in [1.807, 2.05) is 6.92 Å². The van der Waals surface area contributed by atoms with Gasteiger partial charge in [-0.1, -0.05) is 19.1 Å². The van der Waals surface area contributed by atoms with Crippen LogP contribution >= 0.6 is 0 Å². The fraction of sp³-hybridized carbons (Fsp3) is 0.333. The third-order valence-electron chi connectivity index (χ3n) is 2.62. The van der Waals surface area contributed by atoms with Crippen molar-refractivity contribution in [2.45, 2.75) is 26.4 Å². The molecule has 0 radical (unpaired) electrons. The van der Waals surface area contributed by atoms with Crippen LogP contribution in [0.1, 0.15) is 25.8 Å². The van der Waals surface area contributed by atoms with Gasteiger partial charge in [-0.25, -0.2) is 9.18 Å². The van der Waals surface area contributed by atoms with Gasteiger partial charge >= 0.3 is 5.97 Å². The van der Waals surface area contributed by atoms with E-state index < -0.39 is 17.9 Å². The zero-order valence-corrected chi connectivity index (χ0v) is 11.9. The monoisotopic (exact) mass is 295 g/mol. The van der Waals surface area contributed by atoms with Crippen LogP contribution in [0, 0.1) is 5.82 Å². The van der Waals surface area contributed by atoms with Crippen molar-refractivity contribution in [2.24, 2.45) is 0 Å². The van der Waals surface area contributed by atoms with Gasteiger partial charge in [-0.15, -0.1) is 0 Å². The Hall–Kier alpha value is -2.37. The van der Waals surface area contributed by atoms with Gasteiger partial charge in [0.05, 0.1) is 0 Å². The predicted octanol–water partition coefficient (Wildman–Crippen LogP) is 2.22. The number of carbonyl (C=O) groups excluding carboxylic acids is 1. The molecule has 1 amide bonds. The van der Waals surface area contributed by atoms with Gasteiger partial charge in [0.15, 0.2) is 17.7 Å². The van der Waals surface area contributed by atoms with Crippen molar-refractivity contribution >= 4 is 18.0 Å². The third kappa shape index (κ3) is 5.25. The van der Waals surface area contributed by atoms with Crippen LogP contribution in [0.25, 0.3) is 6.08 Å². The fourth-order valence-electron chi connectivity index (χ4n) is 1.56. The van der Waals surface area contributed by atoms with Gasteiger partial charge in [0.25, 0.3) is 5.91 Å². The maximum atomic E-state index is 13.8. The van der Waals surface area contributed by atoms with Crippen molar-refractivity contribution in [1.29, 1.82) is 0 Å². The van der Waals surface area contributed by atoms with E-state index in [9.17, 15) is 14.0 Å². The van der Waals surface area contributed by atoms with E-state index in [2.05, 4.69) is 5.32 Å². The minimum absolute atomic E-state index is 0.144. The number of carbonyl (C=O) groups is 2. The molecule has 6 heteroatoms. The molecule has 1 atom stereocenters. The zero-order valence-electron chi connectivity index (χ0n) is 11.9. The van der Waals surface area contributed by atoms with Gasteiger partial charge < -0.3 is 15.2 Å². The van der Waals surface area contributed by atoms with Gasteiger partial charge in [0, 0.05) is 18.2 Å². The number of amides is 1. The highest BCUT2D eigenvalue weighted by Gasteiger charge is 2.17. The number of hydrogen-bond donors (Lipinski definition) is 2. The van der Waals surface area contributed by atoms with Crippen LogP contribution in [-0.2, 0) is 9.59 Å². The van der Waals surface area contributed by atoms with E-state index in [4.69, 9.17) is 9.84 Å². The van der Waals surface area contributed by atoms with Crippen LogP contribution in [0.2, 0.25) is 0 Å². The molecular weight excluding hydrogens is 277 g/mol. The van der Waals surface area contributed by atoms with Gasteiger partial charge in [0.1, 0.15) is 0 Å². The molecule has 0 saturated carbocycles. The van der Waals surface area contributed by atoms with E-state index in [-0.39, 0.29) is 17.2 Å². The molecule has 1 aromatic carbocycles. The number of hydrogen-bond acceptors (Lipinski definition) is 3. The summed E-state index contributed by atoms with van der Waals surface area (Å²) in [6.07, 6.45) is 2.00. The highest BCUT2D eigenvalue weighted by molar-refractivity contribution is 5.86. The molecule has 0 bridgehead atoms. The molecule has 1 unspecified atom stereocenters. The summed E-state index contributed by atoms with van der Waals surface area (Å²) in [5, 5.41) is 11.3. The minimum atomic E-state index is -1.15. The van der Waals surface area contributed by atoms with Crippen LogP contribution in [0.4, 0.5) is 4.39 Å². The lowest BCUT2D eigenvalue weighted by atomic mass is 10.1. The van der Waals surface area contributed by atoms with Crippen molar-refractivity contribution in [2.75, 3.05) is 6.54 Å². The zero-order chi connectivity index (χ0) is 15.8. The van der Waals surface area contributed by atoms with Gasteiger partial charge in [-0.2, -0.15) is 0 Å². The summed E-state index contributed by atoms with van der Waals surface area (Å²) in [4.78, 5) is 22.3. The lowest BCUT2D eigenvalue weighted by Gasteiger charge is -2.16.